The molecule has 0 aliphatic heterocycles. The molecule has 1 unspecified atom stereocenters. The smallest absolute Gasteiger partial charge is 0.0817 e. The van der Waals surface area contributed by atoms with Gasteiger partial charge in [0.05, 0.1) is 6.10 Å². The maximum absolute atomic E-state index is 5.79. The summed E-state index contributed by atoms with van der Waals surface area (Å²) in [7, 11) is 0. The molecule has 0 spiro atoms. The van der Waals surface area contributed by atoms with E-state index in [-0.39, 0.29) is 6.10 Å². The monoisotopic (exact) mass is 180 g/mol. The van der Waals surface area contributed by atoms with Crippen molar-refractivity contribution in [2.24, 2.45) is 0 Å². The summed E-state index contributed by atoms with van der Waals surface area (Å²) in [6.45, 7) is 4.60. The van der Waals surface area contributed by atoms with Crippen molar-refractivity contribution in [3.05, 3.63) is 23.8 Å². The van der Waals surface area contributed by atoms with Gasteiger partial charge in [-0.1, -0.05) is 0 Å². The minimum absolute atomic E-state index is 0.00787. The summed E-state index contributed by atoms with van der Waals surface area (Å²) >= 11 is 0. The molecular weight excluding hydrogens is 164 g/mol. The van der Waals surface area contributed by atoms with Crippen LogP contribution in [0.1, 0.15) is 25.5 Å². The Labute approximate surface area is 78.7 Å². The Kier molecular flexibility index (Phi) is 3.14. The Bertz CT molecular complexity index is 286. The fourth-order valence-electron chi connectivity index (χ4n) is 1.29. The van der Waals surface area contributed by atoms with Crippen LogP contribution < -0.4 is 11.5 Å². The van der Waals surface area contributed by atoms with E-state index in [1.165, 1.54) is 0 Å². The molecule has 0 aliphatic rings. The highest BCUT2D eigenvalue weighted by atomic mass is 16.5. The van der Waals surface area contributed by atoms with Crippen molar-refractivity contribution in [2.45, 2.75) is 20.0 Å². The van der Waals surface area contributed by atoms with Crippen molar-refractivity contribution in [2.75, 3.05) is 18.1 Å². The lowest BCUT2D eigenvalue weighted by molar-refractivity contribution is 0.0769. The zero-order chi connectivity index (χ0) is 9.84. The van der Waals surface area contributed by atoms with Crippen LogP contribution in [0, 0.1) is 0 Å². The highest BCUT2D eigenvalue weighted by Crippen LogP contribution is 2.24. The minimum Gasteiger partial charge on any atom is -0.399 e. The van der Waals surface area contributed by atoms with E-state index in [4.69, 9.17) is 16.2 Å². The van der Waals surface area contributed by atoms with Gasteiger partial charge in [-0.3, -0.25) is 0 Å². The second kappa shape index (κ2) is 4.14. The van der Waals surface area contributed by atoms with Gasteiger partial charge in [-0.05, 0) is 32.0 Å². The molecule has 1 rings (SSSR count). The molecule has 0 fully saturated rings. The number of rotatable bonds is 3. The number of anilines is 2. The van der Waals surface area contributed by atoms with E-state index in [1.54, 1.807) is 12.1 Å². The summed E-state index contributed by atoms with van der Waals surface area (Å²) in [5, 5.41) is 0. The number of hydrogen-bond donors (Lipinski definition) is 2. The van der Waals surface area contributed by atoms with Crippen molar-refractivity contribution in [3.8, 4) is 0 Å². The zero-order valence-electron chi connectivity index (χ0n) is 8.08. The summed E-state index contributed by atoms with van der Waals surface area (Å²) in [6.07, 6.45) is 0.00787. The second-order valence-corrected chi connectivity index (χ2v) is 2.99. The maximum Gasteiger partial charge on any atom is 0.0817 e. The second-order valence-electron chi connectivity index (χ2n) is 2.99. The molecule has 1 aromatic carbocycles. The van der Waals surface area contributed by atoms with E-state index in [9.17, 15) is 0 Å². The van der Waals surface area contributed by atoms with Gasteiger partial charge in [0, 0.05) is 23.5 Å². The summed E-state index contributed by atoms with van der Waals surface area (Å²) < 4.78 is 5.43. The zero-order valence-corrected chi connectivity index (χ0v) is 8.08. The van der Waals surface area contributed by atoms with Crippen LogP contribution in [0.2, 0.25) is 0 Å². The summed E-state index contributed by atoms with van der Waals surface area (Å²) in [4.78, 5) is 0. The molecule has 0 radical (unpaired) electrons. The van der Waals surface area contributed by atoms with Crippen LogP contribution in [0.3, 0.4) is 0 Å². The van der Waals surface area contributed by atoms with Gasteiger partial charge in [-0.2, -0.15) is 0 Å². The third kappa shape index (κ3) is 2.36. The molecular formula is C10H16N2O. The van der Waals surface area contributed by atoms with E-state index in [1.807, 2.05) is 19.9 Å². The third-order valence-corrected chi connectivity index (χ3v) is 1.97. The molecule has 0 aromatic heterocycles. The molecule has 1 aromatic rings. The Morgan fingerprint density at radius 3 is 2.69 bits per heavy atom. The summed E-state index contributed by atoms with van der Waals surface area (Å²) in [6, 6.07) is 5.45. The summed E-state index contributed by atoms with van der Waals surface area (Å²) in [5.74, 6) is 0. The fourth-order valence-corrected chi connectivity index (χ4v) is 1.29. The average Bonchev–Trinajstić information content (AvgIpc) is 2.09. The van der Waals surface area contributed by atoms with Crippen LogP contribution in [-0.2, 0) is 4.74 Å². The third-order valence-electron chi connectivity index (χ3n) is 1.97. The first kappa shape index (κ1) is 9.86. The van der Waals surface area contributed by atoms with Gasteiger partial charge in [0.2, 0.25) is 0 Å². The normalized spacial score (nSPS) is 12.8. The van der Waals surface area contributed by atoms with Gasteiger partial charge in [-0.15, -0.1) is 0 Å². The number of hydrogen-bond acceptors (Lipinski definition) is 3. The standard InChI is InChI=1S/C10H16N2O/c1-3-13-7(2)9-6-8(11)4-5-10(9)12/h4-7H,3,11-12H2,1-2H3. The molecule has 0 saturated carbocycles. The van der Waals surface area contributed by atoms with E-state index in [0.29, 0.717) is 6.61 Å². The molecule has 13 heavy (non-hydrogen) atoms. The van der Waals surface area contributed by atoms with E-state index in [2.05, 4.69) is 0 Å². The van der Waals surface area contributed by atoms with Crippen molar-refractivity contribution in [1.29, 1.82) is 0 Å². The Morgan fingerprint density at radius 2 is 2.08 bits per heavy atom. The van der Waals surface area contributed by atoms with Crippen molar-refractivity contribution in [3.63, 3.8) is 0 Å². The molecule has 0 aliphatic carbocycles. The van der Waals surface area contributed by atoms with Gasteiger partial charge in [-0.25, -0.2) is 0 Å². The predicted octanol–water partition coefficient (Wildman–Crippen LogP) is 1.95. The van der Waals surface area contributed by atoms with Crippen LogP contribution in [0.5, 0.6) is 0 Å². The molecule has 72 valence electrons. The Balaban J connectivity index is 2.91. The summed E-state index contributed by atoms with van der Waals surface area (Å²) in [5.41, 5.74) is 13.8. The first-order valence-corrected chi connectivity index (χ1v) is 4.41. The van der Waals surface area contributed by atoms with Crippen LogP contribution in [0.15, 0.2) is 18.2 Å². The lowest BCUT2D eigenvalue weighted by Gasteiger charge is -2.14. The van der Waals surface area contributed by atoms with Crippen LogP contribution in [0.25, 0.3) is 0 Å². The lowest BCUT2D eigenvalue weighted by Crippen LogP contribution is -2.04. The van der Waals surface area contributed by atoms with E-state index < -0.39 is 0 Å². The van der Waals surface area contributed by atoms with Crippen LogP contribution >= 0.6 is 0 Å². The number of benzene rings is 1. The first-order valence-electron chi connectivity index (χ1n) is 4.41. The lowest BCUT2D eigenvalue weighted by atomic mass is 10.1. The topological polar surface area (TPSA) is 61.3 Å². The predicted molar refractivity (Wildman–Crippen MR) is 55.3 cm³/mol. The molecule has 0 saturated heterocycles. The number of nitrogens with two attached hydrogens (primary N) is 2. The fraction of sp³-hybridized carbons (Fsp3) is 0.400. The molecule has 4 N–H and O–H groups in total. The largest absolute Gasteiger partial charge is 0.399 e. The SMILES string of the molecule is CCOC(C)c1cc(N)ccc1N. The van der Waals surface area contributed by atoms with Crippen molar-refractivity contribution in [1.82, 2.24) is 0 Å². The Hall–Kier alpha value is -1.22. The number of nitrogen functional groups attached to an aromatic ring is 2. The average molecular weight is 180 g/mol. The number of ether oxygens (including phenoxy) is 1. The molecule has 3 heteroatoms. The van der Waals surface area contributed by atoms with Crippen molar-refractivity contribution < 1.29 is 4.74 Å². The quantitative estimate of drug-likeness (QED) is 0.699. The molecule has 0 bridgehead atoms. The van der Waals surface area contributed by atoms with Gasteiger partial charge in [0.15, 0.2) is 0 Å². The molecule has 0 amide bonds. The van der Waals surface area contributed by atoms with Crippen LogP contribution in [-0.4, -0.2) is 6.61 Å². The van der Waals surface area contributed by atoms with Gasteiger partial charge in [0.25, 0.3) is 0 Å². The molecule has 0 heterocycles. The van der Waals surface area contributed by atoms with Crippen molar-refractivity contribution >= 4 is 11.4 Å². The van der Waals surface area contributed by atoms with Crippen LogP contribution in [0.4, 0.5) is 11.4 Å². The van der Waals surface area contributed by atoms with Gasteiger partial charge in [0.1, 0.15) is 0 Å². The Morgan fingerprint density at radius 1 is 1.38 bits per heavy atom. The first-order chi connectivity index (χ1) is 6.15. The van der Waals surface area contributed by atoms with Gasteiger partial charge >= 0.3 is 0 Å². The highest BCUT2D eigenvalue weighted by molar-refractivity contribution is 5.55. The van der Waals surface area contributed by atoms with Gasteiger partial charge < -0.3 is 16.2 Å². The minimum atomic E-state index is 0.00787. The maximum atomic E-state index is 5.79. The highest BCUT2D eigenvalue weighted by Gasteiger charge is 2.08. The molecule has 1 atom stereocenters. The molecule has 3 nitrogen and oxygen atoms in total. The van der Waals surface area contributed by atoms with E-state index in [0.717, 1.165) is 16.9 Å². The van der Waals surface area contributed by atoms with E-state index >= 15 is 0 Å².